The van der Waals surface area contributed by atoms with Crippen molar-refractivity contribution in [2.45, 2.75) is 46.7 Å². The van der Waals surface area contributed by atoms with E-state index >= 15 is 0 Å². The van der Waals surface area contributed by atoms with Gasteiger partial charge in [0.2, 0.25) is 5.91 Å². The molecule has 162 valence electrons. The number of carbonyl (C=O) groups is 2. The maximum atomic E-state index is 13.0. The second-order valence-corrected chi connectivity index (χ2v) is 8.98. The molecule has 0 aromatic heterocycles. The van der Waals surface area contributed by atoms with Crippen LogP contribution in [0, 0.1) is 13.8 Å². The lowest BCUT2D eigenvalue weighted by Gasteiger charge is -2.28. The van der Waals surface area contributed by atoms with Gasteiger partial charge in [0, 0.05) is 22.0 Å². The van der Waals surface area contributed by atoms with Crippen molar-refractivity contribution in [1.82, 2.24) is 10.2 Å². The lowest BCUT2D eigenvalue weighted by Crippen LogP contribution is -2.49. The second-order valence-electron chi connectivity index (χ2n) is 7.27. The molecule has 0 saturated carbocycles. The van der Waals surface area contributed by atoms with Crippen molar-refractivity contribution in [1.29, 1.82) is 0 Å². The largest absolute Gasteiger partial charge is 0.484 e. The molecular formula is C23H28Br2N2O3. The minimum atomic E-state index is -0.607. The van der Waals surface area contributed by atoms with Crippen LogP contribution in [0.4, 0.5) is 0 Å². The highest BCUT2D eigenvalue weighted by Gasteiger charge is 2.26. The molecule has 2 rings (SSSR count). The third kappa shape index (κ3) is 6.84. The van der Waals surface area contributed by atoms with Gasteiger partial charge in [-0.2, -0.15) is 0 Å². The Morgan fingerprint density at radius 3 is 2.27 bits per heavy atom. The molecule has 1 atom stereocenters. The first-order chi connectivity index (χ1) is 14.2. The van der Waals surface area contributed by atoms with Crippen LogP contribution in [0.2, 0.25) is 0 Å². The van der Waals surface area contributed by atoms with Crippen molar-refractivity contribution in [3.63, 3.8) is 0 Å². The number of aryl methyl sites for hydroxylation is 2. The number of carbonyl (C=O) groups excluding carboxylic acids is 2. The summed E-state index contributed by atoms with van der Waals surface area (Å²) in [5.41, 5.74) is 3.02. The molecule has 0 aliphatic carbocycles. The van der Waals surface area contributed by atoms with Gasteiger partial charge < -0.3 is 15.0 Å². The van der Waals surface area contributed by atoms with E-state index in [1.54, 1.807) is 11.8 Å². The molecule has 0 radical (unpaired) electrons. The van der Waals surface area contributed by atoms with Crippen LogP contribution in [0.15, 0.2) is 45.3 Å². The fourth-order valence-corrected chi connectivity index (χ4v) is 3.48. The zero-order chi connectivity index (χ0) is 22.3. The minimum absolute atomic E-state index is 0.136. The number of nitrogens with one attached hydrogen (secondary N) is 1. The van der Waals surface area contributed by atoms with Crippen molar-refractivity contribution in [3.8, 4) is 5.75 Å². The highest BCUT2D eigenvalue weighted by molar-refractivity contribution is 9.10. The molecule has 0 fully saturated rings. The van der Waals surface area contributed by atoms with Crippen LogP contribution in [0.1, 0.15) is 37.0 Å². The van der Waals surface area contributed by atoms with Gasteiger partial charge >= 0.3 is 0 Å². The Balaban J connectivity index is 2.16. The van der Waals surface area contributed by atoms with Gasteiger partial charge in [-0.25, -0.2) is 0 Å². The lowest BCUT2D eigenvalue weighted by molar-refractivity contribution is -0.142. The summed E-state index contributed by atoms with van der Waals surface area (Å²) in [6.07, 6.45) is 0.838. The van der Waals surface area contributed by atoms with Crippen molar-refractivity contribution >= 4 is 43.7 Å². The van der Waals surface area contributed by atoms with Crippen molar-refractivity contribution in [2.24, 2.45) is 0 Å². The van der Waals surface area contributed by atoms with E-state index in [9.17, 15) is 9.59 Å². The quantitative estimate of drug-likeness (QED) is 0.479. The first-order valence-corrected chi connectivity index (χ1v) is 11.5. The Hall–Kier alpha value is -1.86. The maximum absolute atomic E-state index is 13.0. The highest BCUT2D eigenvalue weighted by atomic mass is 79.9. The molecule has 7 heteroatoms. The van der Waals surface area contributed by atoms with E-state index in [4.69, 9.17) is 4.74 Å². The van der Waals surface area contributed by atoms with Crippen LogP contribution in [0.3, 0.4) is 0 Å². The zero-order valence-corrected chi connectivity index (χ0v) is 21.0. The average Bonchev–Trinajstić information content (AvgIpc) is 2.73. The molecule has 5 nitrogen and oxygen atoms in total. The number of amides is 2. The zero-order valence-electron chi connectivity index (χ0n) is 17.8. The van der Waals surface area contributed by atoms with E-state index < -0.39 is 6.04 Å². The maximum Gasteiger partial charge on any atom is 0.261 e. The predicted octanol–water partition coefficient (Wildman–Crippen LogP) is 5.15. The van der Waals surface area contributed by atoms with E-state index in [-0.39, 0.29) is 18.4 Å². The molecule has 2 aromatic rings. The Morgan fingerprint density at radius 1 is 1.10 bits per heavy atom. The molecule has 0 bridgehead atoms. The predicted molar refractivity (Wildman–Crippen MR) is 127 cm³/mol. The van der Waals surface area contributed by atoms with Gasteiger partial charge in [0.15, 0.2) is 6.61 Å². The van der Waals surface area contributed by atoms with E-state index in [1.165, 1.54) is 0 Å². The summed E-state index contributed by atoms with van der Waals surface area (Å²) in [5.74, 6) is 0.223. The Kier molecular flexibility index (Phi) is 9.37. The van der Waals surface area contributed by atoms with Crippen LogP contribution in [0.5, 0.6) is 5.75 Å². The summed E-state index contributed by atoms with van der Waals surface area (Å²) in [5, 5.41) is 2.87. The monoisotopic (exact) mass is 538 g/mol. The molecule has 0 unspecified atom stereocenters. The van der Waals surface area contributed by atoms with E-state index in [0.717, 1.165) is 32.1 Å². The van der Waals surface area contributed by atoms with Crippen LogP contribution < -0.4 is 10.1 Å². The Labute approximate surface area is 195 Å². The summed E-state index contributed by atoms with van der Waals surface area (Å²) in [6, 6.07) is 10.9. The number of nitrogens with zero attached hydrogens (tertiary/aromatic N) is 1. The summed E-state index contributed by atoms with van der Waals surface area (Å²) in [7, 11) is 0. The van der Waals surface area contributed by atoms with Crippen molar-refractivity contribution < 1.29 is 14.3 Å². The summed E-state index contributed by atoms with van der Waals surface area (Å²) < 4.78 is 7.77. The van der Waals surface area contributed by atoms with Crippen LogP contribution >= 0.6 is 31.9 Å². The third-order valence-electron chi connectivity index (χ3n) is 4.75. The number of ether oxygens (including phenoxy) is 1. The van der Waals surface area contributed by atoms with Crippen molar-refractivity contribution in [3.05, 3.63) is 62.0 Å². The van der Waals surface area contributed by atoms with Crippen molar-refractivity contribution in [2.75, 3.05) is 13.2 Å². The standard InChI is InChI=1S/C23H28Br2N2O3/c1-5-10-26-23(29)17(4)27(13-18-6-8-19(24)9-7-18)21(28)14-30-20-11-15(2)22(25)16(3)12-20/h6-9,11-12,17H,5,10,13-14H2,1-4H3,(H,26,29)/t17-/m1/s1. The lowest BCUT2D eigenvalue weighted by atomic mass is 10.1. The number of benzene rings is 2. The molecule has 0 heterocycles. The molecular weight excluding hydrogens is 512 g/mol. The molecule has 0 aliphatic heterocycles. The molecule has 2 amide bonds. The second kappa shape index (κ2) is 11.5. The topological polar surface area (TPSA) is 58.6 Å². The van der Waals surface area contributed by atoms with Crippen LogP contribution in [-0.2, 0) is 16.1 Å². The molecule has 0 aliphatic rings. The average molecular weight is 540 g/mol. The smallest absolute Gasteiger partial charge is 0.261 e. The van der Waals surface area contributed by atoms with Gasteiger partial charge in [-0.15, -0.1) is 0 Å². The molecule has 2 aromatic carbocycles. The summed E-state index contributed by atoms with van der Waals surface area (Å²) in [4.78, 5) is 27.1. The Bertz CT molecular complexity index is 862. The van der Waals surface area contributed by atoms with Gasteiger partial charge in [-0.3, -0.25) is 9.59 Å². The SMILES string of the molecule is CCCNC(=O)[C@@H](C)N(Cc1ccc(Br)cc1)C(=O)COc1cc(C)c(Br)c(C)c1. The van der Waals surface area contributed by atoms with Gasteiger partial charge in [0.25, 0.3) is 5.91 Å². The van der Waals surface area contributed by atoms with E-state index in [2.05, 4.69) is 37.2 Å². The minimum Gasteiger partial charge on any atom is -0.484 e. The van der Waals surface area contributed by atoms with Gasteiger partial charge in [-0.05, 0) is 68.1 Å². The van der Waals surface area contributed by atoms with Crippen LogP contribution in [0.25, 0.3) is 0 Å². The molecule has 0 saturated heterocycles. The van der Waals surface area contributed by atoms with Gasteiger partial charge in [-0.1, -0.05) is 50.9 Å². The summed E-state index contributed by atoms with van der Waals surface area (Å²) >= 11 is 6.96. The first kappa shape index (κ1) is 24.4. The number of halogens is 2. The van der Waals surface area contributed by atoms with E-state index in [1.807, 2.05) is 57.2 Å². The van der Waals surface area contributed by atoms with Gasteiger partial charge in [0.1, 0.15) is 11.8 Å². The molecule has 30 heavy (non-hydrogen) atoms. The van der Waals surface area contributed by atoms with Crippen LogP contribution in [-0.4, -0.2) is 35.9 Å². The number of hydrogen-bond donors (Lipinski definition) is 1. The molecule has 1 N–H and O–H groups in total. The number of rotatable bonds is 9. The Morgan fingerprint density at radius 2 is 1.70 bits per heavy atom. The van der Waals surface area contributed by atoms with Gasteiger partial charge in [0.05, 0.1) is 0 Å². The summed E-state index contributed by atoms with van der Waals surface area (Å²) in [6.45, 7) is 8.47. The normalized spacial score (nSPS) is 11.7. The third-order valence-corrected chi connectivity index (χ3v) is 6.53. The van der Waals surface area contributed by atoms with E-state index in [0.29, 0.717) is 18.8 Å². The molecule has 0 spiro atoms. The fourth-order valence-electron chi connectivity index (χ4n) is 2.98. The highest BCUT2D eigenvalue weighted by Crippen LogP contribution is 2.26. The number of hydrogen-bond acceptors (Lipinski definition) is 3. The fraction of sp³-hybridized carbons (Fsp3) is 0.391. The first-order valence-electron chi connectivity index (χ1n) is 9.94.